The van der Waals surface area contributed by atoms with Crippen molar-refractivity contribution < 1.29 is 8.42 Å². The van der Waals surface area contributed by atoms with E-state index >= 15 is 0 Å². The monoisotopic (exact) mass is 390 g/mol. The molecule has 1 aromatic rings. The van der Waals surface area contributed by atoms with E-state index in [1.54, 1.807) is 24.3 Å². The van der Waals surface area contributed by atoms with Gasteiger partial charge in [0.1, 0.15) is 0 Å². The van der Waals surface area contributed by atoms with Gasteiger partial charge in [0.05, 0.1) is 15.4 Å². The van der Waals surface area contributed by atoms with Crippen LogP contribution in [0.2, 0.25) is 0 Å². The second-order valence-electron chi connectivity index (χ2n) is 5.42. The minimum Gasteiger partial charge on any atom is -0.392 e. The lowest BCUT2D eigenvalue weighted by Gasteiger charge is -2.32. The number of hydrogen-bond acceptors (Lipinski definition) is 3. The van der Waals surface area contributed by atoms with E-state index in [2.05, 4.69) is 20.7 Å². The lowest BCUT2D eigenvalue weighted by Crippen LogP contribution is -2.56. The molecule has 4 nitrogen and oxygen atoms in total. The van der Waals surface area contributed by atoms with Gasteiger partial charge in [-0.25, -0.2) is 8.42 Å². The van der Waals surface area contributed by atoms with Crippen molar-refractivity contribution >= 4 is 43.2 Å². The number of nitrogens with two attached hydrogens (primary N) is 1. The number of nitrogens with one attached hydrogen (secondary N) is 1. The standard InChI is InChI=1S/C14H19BrN2O2S2/c15-11-5-7-12(8-6-11)21(18,19)17-14(13(16)20)9-3-1-2-4-10-14/h5-8,17H,1-4,9-10H2,(H2,16,20). The van der Waals surface area contributed by atoms with Crippen LogP contribution >= 0.6 is 28.1 Å². The predicted molar refractivity (Wildman–Crippen MR) is 91.7 cm³/mol. The molecule has 0 amide bonds. The van der Waals surface area contributed by atoms with Gasteiger partial charge in [-0.05, 0) is 37.1 Å². The maximum atomic E-state index is 12.6. The Kier molecular flexibility index (Phi) is 5.40. The molecule has 0 aromatic heterocycles. The van der Waals surface area contributed by atoms with Crippen LogP contribution in [0.15, 0.2) is 33.6 Å². The first-order valence-electron chi connectivity index (χ1n) is 6.95. The molecule has 1 aromatic carbocycles. The Balaban J connectivity index is 2.31. The largest absolute Gasteiger partial charge is 0.392 e. The number of sulfonamides is 1. The van der Waals surface area contributed by atoms with Crippen molar-refractivity contribution in [1.29, 1.82) is 0 Å². The van der Waals surface area contributed by atoms with E-state index in [-0.39, 0.29) is 9.88 Å². The lowest BCUT2D eigenvalue weighted by atomic mass is 9.91. The van der Waals surface area contributed by atoms with Gasteiger partial charge >= 0.3 is 0 Å². The summed E-state index contributed by atoms with van der Waals surface area (Å²) in [6.45, 7) is 0. The minimum atomic E-state index is -3.63. The van der Waals surface area contributed by atoms with E-state index in [4.69, 9.17) is 18.0 Å². The van der Waals surface area contributed by atoms with E-state index in [1.165, 1.54) is 0 Å². The quantitative estimate of drug-likeness (QED) is 0.611. The van der Waals surface area contributed by atoms with E-state index in [9.17, 15) is 8.42 Å². The van der Waals surface area contributed by atoms with Gasteiger partial charge in [0.15, 0.2) is 0 Å². The zero-order valence-electron chi connectivity index (χ0n) is 11.6. The Bertz CT molecular complexity index is 606. The van der Waals surface area contributed by atoms with Crippen LogP contribution < -0.4 is 10.5 Å². The molecule has 1 aliphatic carbocycles. The molecule has 7 heteroatoms. The number of rotatable bonds is 4. The molecule has 2 rings (SSSR count). The van der Waals surface area contributed by atoms with Crippen LogP contribution in [-0.4, -0.2) is 18.9 Å². The second-order valence-corrected chi connectivity index (χ2v) is 8.46. The summed E-state index contributed by atoms with van der Waals surface area (Å²) in [7, 11) is -3.63. The molecule has 0 atom stereocenters. The first kappa shape index (κ1) is 16.9. The summed E-state index contributed by atoms with van der Waals surface area (Å²) in [5.74, 6) is 0. The average Bonchev–Trinajstić information content (AvgIpc) is 2.65. The van der Waals surface area contributed by atoms with Crippen molar-refractivity contribution in [2.75, 3.05) is 0 Å². The molecule has 0 radical (unpaired) electrons. The van der Waals surface area contributed by atoms with Gasteiger partial charge in [0.25, 0.3) is 0 Å². The van der Waals surface area contributed by atoms with Gasteiger partial charge in [0.2, 0.25) is 10.0 Å². The molecule has 0 spiro atoms. The van der Waals surface area contributed by atoms with E-state index in [0.717, 1.165) is 30.2 Å². The highest BCUT2D eigenvalue weighted by atomic mass is 79.9. The maximum Gasteiger partial charge on any atom is 0.241 e. The second kappa shape index (κ2) is 6.73. The molecule has 21 heavy (non-hydrogen) atoms. The molecule has 3 N–H and O–H groups in total. The zero-order valence-corrected chi connectivity index (χ0v) is 14.9. The molecule has 116 valence electrons. The van der Waals surface area contributed by atoms with Crippen molar-refractivity contribution in [3.8, 4) is 0 Å². The summed E-state index contributed by atoms with van der Waals surface area (Å²) >= 11 is 8.47. The SMILES string of the molecule is NC(=S)C1(NS(=O)(=O)c2ccc(Br)cc2)CCCCCC1. The third kappa shape index (κ3) is 4.03. The third-order valence-electron chi connectivity index (χ3n) is 3.88. The van der Waals surface area contributed by atoms with Crippen molar-refractivity contribution in [2.24, 2.45) is 5.73 Å². The molecular weight excluding hydrogens is 372 g/mol. The zero-order chi connectivity index (χ0) is 15.5. The Hall–Kier alpha value is -0.500. The van der Waals surface area contributed by atoms with Crippen LogP contribution in [-0.2, 0) is 10.0 Å². The van der Waals surface area contributed by atoms with Gasteiger partial charge in [0, 0.05) is 4.47 Å². The summed E-state index contributed by atoms with van der Waals surface area (Å²) in [4.78, 5) is 0.468. The third-order valence-corrected chi connectivity index (χ3v) is 6.35. The fourth-order valence-electron chi connectivity index (χ4n) is 2.66. The Morgan fingerprint density at radius 2 is 1.67 bits per heavy atom. The van der Waals surface area contributed by atoms with Crippen LogP contribution in [0.25, 0.3) is 0 Å². The first-order valence-corrected chi connectivity index (χ1v) is 9.64. The van der Waals surface area contributed by atoms with Crippen molar-refractivity contribution in [2.45, 2.75) is 49.0 Å². The molecule has 0 saturated heterocycles. The maximum absolute atomic E-state index is 12.6. The number of halogens is 1. The van der Waals surface area contributed by atoms with Crippen LogP contribution in [0.4, 0.5) is 0 Å². The highest BCUT2D eigenvalue weighted by Gasteiger charge is 2.38. The van der Waals surface area contributed by atoms with Gasteiger partial charge in [-0.1, -0.05) is 53.8 Å². The minimum absolute atomic E-state index is 0.227. The highest BCUT2D eigenvalue weighted by Crippen LogP contribution is 2.29. The first-order chi connectivity index (χ1) is 9.86. The predicted octanol–water partition coefficient (Wildman–Crippen LogP) is 3.11. The van der Waals surface area contributed by atoms with E-state index < -0.39 is 15.6 Å². The summed E-state index contributed by atoms with van der Waals surface area (Å²) in [5, 5.41) is 0. The number of benzene rings is 1. The van der Waals surface area contributed by atoms with Gasteiger partial charge in [-0.3, -0.25) is 0 Å². The fraction of sp³-hybridized carbons (Fsp3) is 0.500. The molecule has 1 saturated carbocycles. The highest BCUT2D eigenvalue weighted by molar-refractivity contribution is 9.10. The fourth-order valence-corrected chi connectivity index (χ4v) is 4.69. The summed E-state index contributed by atoms with van der Waals surface area (Å²) < 4.78 is 28.8. The van der Waals surface area contributed by atoms with Crippen LogP contribution in [0.3, 0.4) is 0 Å². The topological polar surface area (TPSA) is 72.2 Å². The molecule has 1 aliphatic rings. The number of hydrogen-bond donors (Lipinski definition) is 2. The van der Waals surface area contributed by atoms with Gasteiger partial charge in [-0.2, -0.15) is 4.72 Å². The van der Waals surface area contributed by atoms with Crippen molar-refractivity contribution in [1.82, 2.24) is 4.72 Å². The molecule has 0 heterocycles. The van der Waals surface area contributed by atoms with Crippen LogP contribution in [0.1, 0.15) is 38.5 Å². The number of thiocarbonyl (C=S) groups is 1. The lowest BCUT2D eigenvalue weighted by molar-refractivity contribution is 0.441. The van der Waals surface area contributed by atoms with Crippen LogP contribution in [0.5, 0.6) is 0 Å². The smallest absolute Gasteiger partial charge is 0.241 e. The summed E-state index contributed by atoms with van der Waals surface area (Å²) in [6.07, 6.45) is 5.37. The Morgan fingerprint density at radius 1 is 1.14 bits per heavy atom. The van der Waals surface area contributed by atoms with Crippen LogP contribution in [0, 0.1) is 0 Å². The Morgan fingerprint density at radius 3 is 2.14 bits per heavy atom. The molecule has 0 unspecified atom stereocenters. The van der Waals surface area contributed by atoms with Crippen molar-refractivity contribution in [3.05, 3.63) is 28.7 Å². The van der Waals surface area contributed by atoms with E-state index in [1.807, 2.05) is 0 Å². The van der Waals surface area contributed by atoms with Crippen molar-refractivity contribution in [3.63, 3.8) is 0 Å². The van der Waals surface area contributed by atoms with Gasteiger partial charge in [-0.15, -0.1) is 0 Å². The average molecular weight is 391 g/mol. The molecule has 0 bridgehead atoms. The summed E-state index contributed by atoms with van der Waals surface area (Å²) in [6, 6.07) is 6.54. The summed E-state index contributed by atoms with van der Waals surface area (Å²) in [5.41, 5.74) is 5.08. The van der Waals surface area contributed by atoms with E-state index in [0.29, 0.717) is 12.8 Å². The molecule has 1 fully saturated rings. The van der Waals surface area contributed by atoms with Gasteiger partial charge < -0.3 is 5.73 Å². The molecular formula is C14H19BrN2O2S2. The Labute approximate surface area is 139 Å². The normalized spacial score (nSPS) is 18.9. The molecule has 0 aliphatic heterocycles.